The molecule has 0 amide bonds. The van der Waals surface area contributed by atoms with Gasteiger partial charge in [-0.2, -0.15) is 0 Å². The molecule has 134 valence electrons. The van der Waals surface area contributed by atoms with Crippen LogP contribution < -0.4 is 14.4 Å². The molecule has 0 unspecified atom stereocenters. The summed E-state index contributed by atoms with van der Waals surface area (Å²) >= 11 is 0. The molecule has 0 saturated carbocycles. The molecule has 6 nitrogen and oxygen atoms in total. The monoisotopic (exact) mass is 352 g/mol. The predicted octanol–water partition coefficient (Wildman–Crippen LogP) is 4.50. The Morgan fingerprint density at radius 2 is 1.65 bits per heavy atom. The van der Waals surface area contributed by atoms with E-state index in [1.807, 2.05) is 49.3 Å². The van der Waals surface area contributed by atoms with Crippen molar-refractivity contribution in [1.82, 2.24) is 0 Å². The van der Waals surface area contributed by atoms with Crippen LogP contribution in [-0.4, -0.2) is 33.2 Å². The standard InChI is InChI=1S/C20H20N2O4/c1-21(2)14-10-8-13(9-11-14)19-15-6-5-7-17(22(23)24)16(15)12-18(25-3)20(19)26-4/h5-12H,1-4H3. The first-order valence-electron chi connectivity index (χ1n) is 8.07. The molecule has 0 fully saturated rings. The summed E-state index contributed by atoms with van der Waals surface area (Å²) in [7, 11) is 7.04. The van der Waals surface area contributed by atoms with Gasteiger partial charge < -0.3 is 14.4 Å². The Labute approximate surface area is 151 Å². The highest BCUT2D eigenvalue weighted by molar-refractivity contribution is 6.05. The molecule has 3 aromatic carbocycles. The van der Waals surface area contributed by atoms with E-state index in [2.05, 4.69) is 0 Å². The van der Waals surface area contributed by atoms with E-state index >= 15 is 0 Å². The maximum Gasteiger partial charge on any atom is 0.277 e. The number of anilines is 1. The molecule has 3 aromatic rings. The summed E-state index contributed by atoms with van der Waals surface area (Å²) in [6.45, 7) is 0. The Bertz CT molecular complexity index is 966. The summed E-state index contributed by atoms with van der Waals surface area (Å²) in [6.07, 6.45) is 0. The van der Waals surface area contributed by atoms with Crippen LogP contribution in [0.2, 0.25) is 0 Å². The van der Waals surface area contributed by atoms with Gasteiger partial charge in [0.2, 0.25) is 0 Å². The fourth-order valence-electron chi connectivity index (χ4n) is 3.09. The van der Waals surface area contributed by atoms with E-state index in [1.54, 1.807) is 19.2 Å². The van der Waals surface area contributed by atoms with Crippen molar-refractivity contribution < 1.29 is 14.4 Å². The van der Waals surface area contributed by atoms with E-state index in [9.17, 15) is 10.1 Å². The van der Waals surface area contributed by atoms with Gasteiger partial charge in [-0.15, -0.1) is 0 Å². The van der Waals surface area contributed by atoms with Crippen LogP contribution in [0.15, 0.2) is 48.5 Å². The molecule has 0 radical (unpaired) electrons. The third kappa shape index (κ3) is 2.90. The number of nitrogens with zero attached hydrogens (tertiary/aromatic N) is 2. The maximum absolute atomic E-state index is 11.5. The first-order valence-corrected chi connectivity index (χ1v) is 8.07. The molecule has 0 bridgehead atoms. The molecular formula is C20H20N2O4. The number of hydrogen-bond donors (Lipinski definition) is 0. The van der Waals surface area contributed by atoms with Crippen LogP contribution in [0, 0.1) is 10.1 Å². The van der Waals surface area contributed by atoms with Crippen molar-refractivity contribution in [2.75, 3.05) is 33.2 Å². The van der Waals surface area contributed by atoms with Crippen molar-refractivity contribution in [2.24, 2.45) is 0 Å². The van der Waals surface area contributed by atoms with Crippen LogP contribution in [0.4, 0.5) is 11.4 Å². The molecule has 0 atom stereocenters. The lowest BCUT2D eigenvalue weighted by Gasteiger charge is -2.17. The third-order valence-electron chi connectivity index (χ3n) is 4.37. The largest absolute Gasteiger partial charge is 0.493 e. The fourth-order valence-corrected chi connectivity index (χ4v) is 3.09. The highest BCUT2D eigenvalue weighted by Crippen LogP contribution is 2.46. The average Bonchev–Trinajstić information content (AvgIpc) is 2.65. The number of methoxy groups -OCH3 is 2. The second-order valence-corrected chi connectivity index (χ2v) is 6.06. The normalized spacial score (nSPS) is 10.6. The molecule has 0 saturated heterocycles. The highest BCUT2D eigenvalue weighted by atomic mass is 16.6. The Morgan fingerprint density at radius 1 is 0.962 bits per heavy atom. The number of hydrogen-bond acceptors (Lipinski definition) is 5. The molecule has 0 heterocycles. The molecule has 0 aliphatic rings. The van der Waals surface area contributed by atoms with E-state index in [-0.39, 0.29) is 10.6 Å². The minimum absolute atomic E-state index is 0.0367. The SMILES string of the molecule is COc1cc2c([N+](=O)[O-])cccc2c(-c2ccc(N(C)C)cc2)c1OC. The summed E-state index contributed by atoms with van der Waals surface area (Å²) in [4.78, 5) is 13.1. The minimum atomic E-state index is -0.382. The molecule has 0 aromatic heterocycles. The van der Waals surface area contributed by atoms with Gasteiger partial charge in [0.15, 0.2) is 11.5 Å². The van der Waals surface area contributed by atoms with Gasteiger partial charge in [-0.3, -0.25) is 10.1 Å². The molecule has 0 N–H and O–H groups in total. The lowest BCUT2D eigenvalue weighted by atomic mass is 9.95. The lowest BCUT2D eigenvalue weighted by molar-refractivity contribution is -0.383. The second-order valence-electron chi connectivity index (χ2n) is 6.06. The van der Waals surface area contributed by atoms with Crippen molar-refractivity contribution in [3.05, 3.63) is 58.6 Å². The van der Waals surface area contributed by atoms with Crippen molar-refractivity contribution in [2.45, 2.75) is 0 Å². The number of benzene rings is 3. The first-order chi connectivity index (χ1) is 12.5. The van der Waals surface area contributed by atoms with E-state index in [4.69, 9.17) is 9.47 Å². The molecule has 26 heavy (non-hydrogen) atoms. The van der Waals surface area contributed by atoms with Gasteiger partial charge in [-0.05, 0) is 23.8 Å². The van der Waals surface area contributed by atoms with Gasteiger partial charge in [0.1, 0.15) is 0 Å². The zero-order valence-corrected chi connectivity index (χ0v) is 15.1. The van der Waals surface area contributed by atoms with Gasteiger partial charge in [0.05, 0.1) is 24.5 Å². The van der Waals surface area contributed by atoms with Crippen LogP contribution in [0.1, 0.15) is 0 Å². The summed E-state index contributed by atoms with van der Waals surface area (Å²) in [5.41, 5.74) is 2.77. The second kappa shape index (κ2) is 6.92. The van der Waals surface area contributed by atoms with Crippen molar-refractivity contribution in [1.29, 1.82) is 0 Å². The Hall–Kier alpha value is -3.28. The summed E-state index contributed by atoms with van der Waals surface area (Å²) in [5.74, 6) is 1.01. The molecule has 6 heteroatoms. The summed E-state index contributed by atoms with van der Waals surface area (Å²) in [6, 6.07) is 14.6. The van der Waals surface area contributed by atoms with Crippen LogP contribution in [0.5, 0.6) is 11.5 Å². The Balaban J connectivity index is 2.38. The van der Waals surface area contributed by atoms with E-state index < -0.39 is 0 Å². The van der Waals surface area contributed by atoms with Crippen LogP contribution in [0.3, 0.4) is 0 Å². The number of non-ortho nitro benzene ring substituents is 1. The highest BCUT2D eigenvalue weighted by Gasteiger charge is 2.21. The van der Waals surface area contributed by atoms with Crippen molar-refractivity contribution in [3.63, 3.8) is 0 Å². The Morgan fingerprint density at radius 3 is 2.19 bits per heavy atom. The zero-order valence-electron chi connectivity index (χ0n) is 15.1. The summed E-state index contributed by atoms with van der Waals surface area (Å²) < 4.78 is 11.1. The first kappa shape index (κ1) is 17.5. The smallest absolute Gasteiger partial charge is 0.277 e. The van der Waals surface area contributed by atoms with Crippen molar-refractivity contribution in [3.8, 4) is 22.6 Å². The number of ether oxygens (including phenoxy) is 2. The van der Waals surface area contributed by atoms with Gasteiger partial charge >= 0.3 is 0 Å². The minimum Gasteiger partial charge on any atom is -0.493 e. The molecule has 0 spiro atoms. The predicted molar refractivity (Wildman–Crippen MR) is 103 cm³/mol. The van der Waals surface area contributed by atoms with Gasteiger partial charge in [-0.25, -0.2) is 0 Å². The lowest BCUT2D eigenvalue weighted by Crippen LogP contribution is -2.08. The number of nitro benzene ring substituents is 1. The maximum atomic E-state index is 11.5. The van der Waals surface area contributed by atoms with Crippen LogP contribution in [0.25, 0.3) is 21.9 Å². The van der Waals surface area contributed by atoms with E-state index in [0.717, 1.165) is 22.2 Å². The molecule has 0 aliphatic heterocycles. The van der Waals surface area contributed by atoms with E-state index in [0.29, 0.717) is 16.9 Å². The van der Waals surface area contributed by atoms with Crippen LogP contribution in [-0.2, 0) is 0 Å². The van der Waals surface area contributed by atoms with Gasteiger partial charge in [0.25, 0.3) is 5.69 Å². The van der Waals surface area contributed by atoms with Gasteiger partial charge in [0, 0.05) is 36.8 Å². The third-order valence-corrected chi connectivity index (χ3v) is 4.37. The number of fused-ring (bicyclic) bond motifs is 1. The topological polar surface area (TPSA) is 64.8 Å². The van der Waals surface area contributed by atoms with Gasteiger partial charge in [-0.1, -0.05) is 24.3 Å². The van der Waals surface area contributed by atoms with E-state index in [1.165, 1.54) is 13.2 Å². The fraction of sp³-hybridized carbons (Fsp3) is 0.200. The number of rotatable bonds is 5. The molecule has 3 rings (SSSR count). The number of nitro groups is 1. The Kier molecular flexibility index (Phi) is 4.67. The molecule has 0 aliphatic carbocycles. The average molecular weight is 352 g/mol. The quantitative estimate of drug-likeness (QED) is 0.500. The summed E-state index contributed by atoms with van der Waals surface area (Å²) in [5, 5.41) is 12.7. The van der Waals surface area contributed by atoms with Crippen LogP contribution >= 0.6 is 0 Å². The molecular weight excluding hydrogens is 332 g/mol. The van der Waals surface area contributed by atoms with Crippen molar-refractivity contribution >= 4 is 22.1 Å². The zero-order chi connectivity index (χ0) is 18.8.